The molecular formula is C15H17BrN2O2. The van der Waals surface area contributed by atoms with Gasteiger partial charge in [-0.2, -0.15) is 5.10 Å². The third-order valence-corrected chi connectivity index (χ3v) is 4.17. The van der Waals surface area contributed by atoms with E-state index in [9.17, 15) is 0 Å². The van der Waals surface area contributed by atoms with Crippen molar-refractivity contribution in [2.45, 2.75) is 25.5 Å². The van der Waals surface area contributed by atoms with Crippen molar-refractivity contribution in [3.63, 3.8) is 0 Å². The zero-order valence-corrected chi connectivity index (χ0v) is 13.0. The first kappa shape index (κ1) is 13.6. The van der Waals surface area contributed by atoms with E-state index in [2.05, 4.69) is 21.0 Å². The first-order valence-electron chi connectivity index (χ1n) is 6.78. The summed E-state index contributed by atoms with van der Waals surface area (Å²) in [6, 6.07) is 7.92. The maximum absolute atomic E-state index is 5.75. The van der Waals surface area contributed by atoms with Crippen molar-refractivity contribution < 1.29 is 9.47 Å². The summed E-state index contributed by atoms with van der Waals surface area (Å²) in [6.45, 7) is 0.825. The van der Waals surface area contributed by atoms with Crippen molar-refractivity contribution in [1.82, 2.24) is 9.78 Å². The molecule has 1 aromatic heterocycles. The van der Waals surface area contributed by atoms with E-state index in [-0.39, 0.29) is 6.23 Å². The molecule has 0 spiro atoms. The third kappa shape index (κ3) is 2.74. The van der Waals surface area contributed by atoms with Gasteiger partial charge >= 0.3 is 0 Å². The quantitative estimate of drug-likeness (QED) is 0.849. The maximum Gasteiger partial charge on any atom is 0.150 e. The lowest BCUT2D eigenvalue weighted by molar-refractivity contribution is -0.0393. The van der Waals surface area contributed by atoms with Gasteiger partial charge in [0.05, 0.1) is 12.8 Å². The monoisotopic (exact) mass is 336 g/mol. The lowest BCUT2D eigenvalue weighted by Gasteiger charge is -2.22. The summed E-state index contributed by atoms with van der Waals surface area (Å²) in [6.07, 6.45) is 5.45. The Morgan fingerprint density at radius 3 is 2.95 bits per heavy atom. The van der Waals surface area contributed by atoms with Crippen LogP contribution in [-0.4, -0.2) is 23.5 Å². The number of rotatable bonds is 3. The van der Waals surface area contributed by atoms with Crippen molar-refractivity contribution >= 4 is 15.9 Å². The minimum Gasteiger partial charge on any atom is -0.497 e. The summed E-state index contributed by atoms with van der Waals surface area (Å²) in [5, 5.41) is 4.64. The first-order chi connectivity index (χ1) is 9.78. The minimum absolute atomic E-state index is 0.0783. The van der Waals surface area contributed by atoms with Crippen molar-refractivity contribution in [3.05, 3.63) is 34.9 Å². The van der Waals surface area contributed by atoms with Gasteiger partial charge in [0.2, 0.25) is 0 Å². The Morgan fingerprint density at radius 1 is 1.35 bits per heavy atom. The summed E-state index contributed by atoms with van der Waals surface area (Å²) in [5.41, 5.74) is 1.99. The Hall–Kier alpha value is -1.33. The second-order valence-corrected chi connectivity index (χ2v) is 5.70. The van der Waals surface area contributed by atoms with Crippen LogP contribution in [0.4, 0.5) is 0 Å². The summed E-state index contributed by atoms with van der Waals surface area (Å²) in [4.78, 5) is 0. The van der Waals surface area contributed by atoms with Crippen molar-refractivity contribution in [2.75, 3.05) is 13.7 Å². The lowest BCUT2D eigenvalue weighted by atomic mass is 10.1. The van der Waals surface area contributed by atoms with Gasteiger partial charge in [-0.1, -0.05) is 0 Å². The second-order valence-electron chi connectivity index (χ2n) is 4.85. The predicted molar refractivity (Wildman–Crippen MR) is 80.8 cm³/mol. The molecule has 0 N–H and O–H groups in total. The van der Waals surface area contributed by atoms with Gasteiger partial charge in [0.25, 0.3) is 0 Å². The predicted octanol–water partition coefficient (Wildman–Crippen LogP) is 4.02. The molecule has 1 aromatic carbocycles. The highest BCUT2D eigenvalue weighted by molar-refractivity contribution is 9.10. The Kier molecular flexibility index (Phi) is 4.08. The van der Waals surface area contributed by atoms with Gasteiger partial charge in [0.1, 0.15) is 12.0 Å². The van der Waals surface area contributed by atoms with E-state index in [1.165, 1.54) is 6.42 Å². The molecule has 106 valence electrons. The number of benzene rings is 1. The fourth-order valence-corrected chi connectivity index (χ4v) is 2.97. The van der Waals surface area contributed by atoms with Gasteiger partial charge in [-0.15, -0.1) is 0 Å². The molecular weight excluding hydrogens is 320 g/mol. The molecule has 3 rings (SSSR count). The Balaban J connectivity index is 1.85. The minimum atomic E-state index is 0.0783. The van der Waals surface area contributed by atoms with Crippen LogP contribution in [-0.2, 0) is 4.74 Å². The zero-order chi connectivity index (χ0) is 13.9. The summed E-state index contributed by atoms with van der Waals surface area (Å²) >= 11 is 3.57. The molecule has 0 amide bonds. The molecule has 0 radical (unpaired) electrons. The number of nitrogens with zero attached hydrogens (tertiary/aromatic N) is 2. The fourth-order valence-electron chi connectivity index (χ4n) is 2.40. The summed E-state index contributed by atoms with van der Waals surface area (Å²) < 4.78 is 13.9. The number of hydrogen-bond donors (Lipinski definition) is 0. The molecule has 5 heteroatoms. The van der Waals surface area contributed by atoms with E-state index in [1.54, 1.807) is 7.11 Å². The second kappa shape index (κ2) is 5.97. The zero-order valence-electron chi connectivity index (χ0n) is 11.4. The standard InChI is InChI=1S/C15H17BrN2O2/c1-19-11-5-6-12(13(16)10-11)14-7-8-18(17-14)15-4-2-3-9-20-15/h5-8,10,15H,2-4,9H2,1H3. The number of aromatic nitrogens is 2. The van der Waals surface area contributed by atoms with Crippen molar-refractivity contribution in [3.8, 4) is 17.0 Å². The van der Waals surface area contributed by atoms with E-state index in [1.807, 2.05) is 35.1 Å². The first-order valence-corrected chi connectivity index (χ1v) is 7.58. The van der Waals surface area contributed by atoms with Crippen LogP contribution in [0, 0.1) is 0 Å². The van der Waals surface area contributed by atoms with Crippen LogP contribution in [0.3, 0.4) is 0 Å². The lowest BCUT2D eigenvalue weighted by Crippen LogP contribution is -2.18. The highest BCUT2D eigenvalue weighted by Crippen LogP contribution is 2.31. The van der Waals surface area contributed by atoms with Crippen LogP contribution < -0.4 is 4.74 Å². The fraction of sp³-hybridized carbons (Fsp3) is 0.400. The summed E-state index contributed by atoms with van der Waals surface area (Å²) in [7, 11) is 1.66. The number of halogens is 1. The molecule has 1 atom stereocenters. The Morgan fingerprint density at radius 2 is 2.25 bits per heavy atom. The average molecular weight is 337 g/mol. The smallest absolute Gasteiger partial charge is 0.150 e. The van der Waals surface area contributed by atoms with Crippen LogP contribution >= 0.6 is 15.9 Å². The molecule has 2 heterocycles. The van der Waals surface area contributed by atoms with Gasteiger partial charge < -0.3 is 9.47 Å². The molecule has 1 aliphatic rings. The Labute approximate surface area is 126 Å². The maximum atomic E-state index is 5.75. The number of ether oxygens (including phenoxy) is 2. The van der Waals surface area contributed by atoms with Crippen LogP contribution in [0.15, 0.2) is 34.9 Å². The molecule has 2 aromatic rings. The molecule has 4 nitrogen and oxygen atoms in total. The van der Waals surface area contributed by atoms with E-state index in [0.29, 0.717) is 0 Å². The van der Waals surface area contributed by atoms with Crippen LogP contribution in [0.25, 0.3) is 11.3 Å². The molecule has 0 saturated carbocycles. The number of methoxy groups -OCH3 is 1. The van der Waals surface area contributed by atoms with E-state index in [0.717, 1.165) is 40.9 Å². The normalized spacial score (nSPS) is 19.0. The average Bonchev–Trinajstić information content (AvgIpc) is 2.97. The number of hydrogen-bond acceptors (Lipinski definition) is 3. The van der Waals surface area contributed by atoms with Gasteiger partial charge in [0.15, 0.2) is 0 Å². The van der Waals surface area contributed by atoms with Crippen LogP contribution in [0.2, 0.25) is 0 Å². The molecule has 0 aliphatic carbocycles. The van der Waals surface area contributed by atoms with Gasteiger partial charge in [-0.05, 0) is 59.5 Å². The van der Waals surface area contributed by atoms with Gasteiger partial charge in [-0.25, -0.2) is 4.68 Å². The molecule has 20 heavy (non-hydrogen) atoms. The molecule has 0 bridgehead atoms. The SMILES string of the molecule is COc1ccc(-c2ccn(C3CCCCO3)n2)c(Br)c1. The Bertz CT molecular complexity index is 591. The molecule has 1 fully saturated rings. The van der Waals surface area contributed by atoms with Gasteiger partial charge in [-0.3, -0.25) is 0 Å². The van der Waals surface area contributed by atoms with Crippen LogP contribution in [0.1, 0.15) is 25.5 Å². The molecule has 1 aliphatic heterocycles. The highest BCUT2D eigenvalue weighted by Gasteiger charge is 2.17. The van der Waals surface area contributed by atoms with E-state index < -0.39 is 0 Å². The van der Waals surface area contributed by atoms with E-state index >= 15 is 0 Å². The third-order valence-electron chi connectivity index (χ3n) is 3.51. The molecule has 1 unspecified atom stereocenters. The van der Waals surface area contributed by atoms with Crippen molar-refractivity contribution in [2.24, 2.45) is 0 Å². The molecule has 1 saturated heterocycles. The largest absolute Gasteiger partial charge is 0.497 e. The van der Waals surface area contributed by atoms with Gasteiger partial charge in [0, 0.05) is 22.8 Å². The topological polar surface area (TPSA) is 36.3 Å². The summed E-state index contributed by atoms with van der Waals surface area (Å²) in [5.74, 6) is 0.829. The highest BCUT2D eigenvalue weighted by atomic mass is 79.9. The van der Waals surface area contributed by atoms with E-state index in [4.69, 9.17) is 9.47 Å². The van der Waals surface area contributed by atoms with Crippen molar-refractivity contribution in [1.29, 1.82) is 0 Å². The van der Waals surface area contributed by atoms with Crippen LogP contribution in [0.5, 0.6) is 5.75 Å².